The second kappa shape index (κ2) is 7.98. The van der Waals surface area contributed by atoms with Crippen molar-refractivity contribution in [1.29, 1.82) is 0 Å². The molecule has 0 aromatic heterocycles. The van der Waals surface area contributed by atoms with E-state index in [1.165, 1.54) is 11.8 Å². The van der Waals surface area contributed by atoms with Gasteiger partial charge in [0.2, 0.25) is 0 Å². The maximum atomic E-state index is 11.7. The van der Waals surface area contributed by atoms with Crippen LogP contribution in [0.3, 0.4) is 0 Å². The minimum Gasteiger partial charge on any atom is -0.490 e. The number of β-amino-alcohol motifs (C(OH)–C–C–N with tert-alkyl or cyclic N) is 1. The van der Waals surface area contributed by atoms with Crippen molar-refractivity contribution in [2.75, 3.05) is 25.9 Å². The second-order valence-corrected chi connectivity index (χ2v) is 11.4. The number of nitrogens with zero attached hydrogens (tertiary/aromatic N) is 1. The Hall–Kier alpha value is -1.89. The quantitative estimate of drug-likeness (QED) is 0.787. The zero-order chi connectivity index (χ0) is 21.5. The zero-order valence-electron chi connectivity index (χ0n) is 18.0. The SMILES string of the molecule is CC(C)(O)CN1CCC([C@H]2Cc3cc(-c4ccc(S(C)(=O)=O)cc4)ccc3O2)CC1. The first-order valence-electron chi connectivity index (χ1n) is 10.6. The zero-order valence-corrected chi connectivity index (χ0v) is 18.8. The maximum absolute atomic E-state index is 11.7. The lowest BCUT2D eigenvalue weighted by Gasteiger charge is -2.36. The predicted octanol–water partition coefficient (Wildman–Crippen LogP) is 3.54. The van der Waals surface area contributed by atoms with E-state index in [2.05, 4.69) is 11.0 Å². The summed E-state index contributed by atoms with van der Waals surface area (Å²) in [7, 11) is -3.18. The Morgan fingerprint density at radius 3 is 2.30 bits per heavy atom. The summed E-state index contributed by atoms with van der Waals surface area (Å²) in [6.07, 6.45) is 4.54. The molecule has 0 radical (unpaired) electrons. The molecule has 0 amide bonds. The standard InChI is InChI=1S/C24H31NO4S/c1-24(2,26)16-25-12-10-18(11-13-25)23-15-20-14-19(6-9-22(20)29-23)17-4-7-21(8-5-17)30(3,27)28/h4-9,14,18,23,26H,10-13,15-16H2,1-3H3/t23-/m1/s1. The van der Waals surface area contributed by atoms with Gasteiger partial charge in [0.25, 0.3) is 0 Å². The molecular weight excluding hydrogens is 398 g/mol. The van der Waals surface area contributed by atoms with Crippen LogP contribution in [0.4, 0.5) is 0 Å². The molecule has 4 rings (SSSR count). The average molecular weight is 430 g/mol. The Morgan fingerprint density at radius 1 is 1.07 bits per heavy atom. The largest absolute Gasteiger partial charge is 0.490 e. The van der Waals surface area contributed by atoms with Gasteiger partial charge in [0, 0.05) is 19.2 Å². The summed E-state index contributed by atoms with van der Waals surface area (Å²) < 4.78 is 29.6. The summed E-state index contributed by atoms with van der Waals surface area (Å²) in [6.45, 7) is 6.45. The molecule has 0 spiro atoms. The fourth-order valence-corrected chi connectivity index (χ4v) is 5.27. The molecule has 5 nitrogen and oxygen atoms in total. The Labute approximate surface area is 179 Å². The van der Waals surface area contributed by atoms with Gasteiger partial charge < -0.3 is 14.7 Å². The number of hydrogen-bond donors (Lipinski definition) is 1. The number of fused-ring (bicyclic) bond motifs is 1. The van der Waals surface area contributed by atoms with E-state index in [0.717, 1.165) is 49.2 Å². The number of rotatable bonds is 5. The van der Waals surface area contributed by atoms with E-state index in [9.17, 15) is 13.5 Å². The van der Waals surface area contributed by atoms with Crippen molar-refractivity contribution >= 4 is 9.84 Å². The number of piperidine rings is 1. The van der Waals surface area contributed by atoms with Gasteiger partial charge in [-0.3, -0.25) is 0 Å². The summed E-state index contributed by atoms with van der Waals surface area (Å²) in [5.74, 6) is 1.50. The lowest BCUT2D eigenvalue weighted by molar-refractivity contribution is 0.0143. The van der Waals surface area contributed by atoms with E-state index in [1.807, 2.05) is 38.1 Å². The molecule has 2 aliphatic rings. The van der Waals surface area contributed by atoms with Crippen LogP contribution in [-0.4, -0.2) is 56.0 Å². The lowest BCUT2D eigenvalue weighted by Crippen LogP contribution is -2.45. The van der Waals surface area contributed by atoms with Gasteiger partial charge in [-0.05, 0) is 86.7 Å². The highest BCUT2D eigenvalue weighted by atomic mass is 32.2. The molecule has 2 aliphatic heterocycles. The summed E-state index contributed by atoms with van der Waals surface area (Å²) in [5.41, 5.74) is 2.67. The number of aliphatic hydroxyl groups is 1. The van der Waals surface area contributed by atoms with Crippen LogP contribution in [-0.2, 0) is 16.3 Å². The van der Waals surface area contributed by atoms with Crippen molar-refractivity contribution in [3.8, 4) is 16.9 Å². The summed E-state index contributed by atoms with van der Waals surface area (Å²) >= 11 is 0. The third-order valence-electron chi connectivity index (χ3n) is 6.14. The molecule has 2 aromatic rings. The average Bonchev–Trinajstić information content (AvgIpc) is 3.10. The molecule has 0 bridgehead atoms. The summed E-state index contributed by atoms with van der Waals surface area (Å²) in [4.78, 5) is 2.68. The van der Waals surface area contributed by atoms with Crippen LogP contribution in [0, 0.1) is 5.92 Å². The molecule has 0 aliphatic carbocycles. The van der Waals surface area contributed by atoms with E-state index in [0.29, 0.717) is 17.4 Å². The molecule has 0 unspecified atom stereocenters. The van der Waals surface area contributed by atoms with Gasteiger partial charge in [-0.15, -0.1) is 0 Å². The molecule has 30 heavy (non-hydrogen) atoms. The molecule has 2 heterocycles. The first-order valence-corrected chi connectivity index (χ1v) is 12.5. The van der Waals surface area contributed by atoms with Gasteiger partial charge in [-0.25, -0.2) is 8.42 Å². The van der Waals surface area contributed by atoms with Gasteiger partial charge in [0.15, 0.2) is 9.84 Å². The van der Waals surface area contributed by atoms with Crippen LogP contribution in [0.25, 0.3) is 11.1 Å². The first kappa shape index (κ1) is 21.3. The number of likely N-dealkylation sites (tertiary alicyclic amines) is 1. The van der Waals surface area contributed by atoms with Gasteiger partial charge in [-0.2, -0.15) is 0 Å². The molecule has 6 heteroatoms. The van der Waals surface area contributed by atoms with Crippen LogP contribution in [0.5, 0.6) is 5.75 Å². The number of sulfone groups is 1. The highest BCUT2D eigenvalue weighted by molar-refractivity contribution is 7.90. The van der Waals surface area contributed by atoms with Gasteiger partial charge in [0.1, 0.15) is 11.9 Å². The van der Waals surface area contributed by atoms with E-state index < -0.39 is 15.4 Å². The van der Waals surface area contributed by atoms with Crippen LogP contribution < -0.4 is 4.74 Å². The third-order valence-corrected chi connectivity index (χ3v) is 7.27. The molecular formula is C24H31NO4S. The minimum absolute atomic E-state index is 0.215. The number of hydrogen-bond acceptors (Lipinski definition) is 5. The maximum Gasteiger partial charge on any atom is 0.175 e. The smallest absolute Gasteiger partial charge is 0.175 e. The third kappa shape index (κ3) is 4.88. The molecule has 1 fully saturated rings. The Kier molecular flexibility index (Phi) is 5.68. The van der Waals surface area contributed by atoms with E-state index >= 15 is 0 Å². The number of benzene rings is 2. The summed E-state index contributed by atoms with van der Waals surface area (Å²) in [5, 5.41) is 10.0. The molecule has 0 saturated carbocycles. The van der Waals surface area contributed by atoms with Crippen molar-refractivity contribution in [1.82, 2.24) is 4.90 Å². The van der Waals surface area contributed by atoms with Crippen LogP contribution in [0.2, 0.25) is 0 Å². The predicted molar refractivity (Wildman–Crippen MR) is 119 cm³/mol. The van der Waals surface area contributed by atoms with Crippen LogP contribution in [0.1, 0.15) is 32.3 Å². The van der Waals surface area contributed by atoms with Crippen LogP contribution in [0.15, 0.2) is 47.4 Å². The normalized spacial score (nSPS) is 20.7. The second-order valence-electron chi connectivity index (χ2n) is 9.41. The molecule has 1 atom stereocenters. The van der Waals surface area contributed by atoms with E-state index in [4.69, 9.17) is 4.74 Å². The Balaban J connectivity index is 1.41. The molecule has 1 saturated heterocycles. The van der Waals surface area contributed by atoms with Gasteiger partial charge in [-0.1, -0.05) is 18.2 Å². The molecule has 162 valence electrons. The van der Waals surface area contributed by atoms with Crippen molar-refractivity contribution < 1.29 is 18.3 Å². The fourth-order valence-electron chi connectivity index (χ4n) is 4.64. The first-order chi connectivity index (χ1) is 14.1. The Bertz CT molecular complexity index is 1000. The van der Waals surface area contributed by atoms with Crippen molar-refractivity contribution in [2.45, 2.75) is 49.7 Å². The van der Waals surface area contributed by atoms with Gasteiger partial charge >= 0.3 is 0 Å². The highest BCUT2D eigenvalue weighted by Crippen LogP contribution is 2.37. The molecule has 1 N–H and O–H groups in total. The molecule has 2 aromatic carbocycles. The van der Waals surface area contributed by atoms with Crippen molar-refractivity contribution in [2.24, 2.45) is 5.92 Å². The fraction of sp³-hybridized carbons (Fsp3) is 0.500. The van der Waals surface area contributed by atoms with Crippen molar-refractivity contribution in [3.05, 3.63) is 48.0 Å². The monoisotopic (exact) mass is 429 g/mol. The van der Waals surface area contributed by atoms with Gasteiger partial charge in [0.05, 0.1) is 10.5 Å². The minimum atomic E-state index is -3.18. The van der Waals surface area contributed by atoms with E-state index in [1.54, 1.807) is 12.1 Å². The topological polar surface area (TPSA) is 66.8 Å². The highest BCUT2D eigenvalue weighted by Gasteiger charge is 2.33. The summed E-state index contributed by atoms with van der Waals surface area (Å²) in [6, 6.07) is 13.3. The lowest BCUT2D eigenvalue weighted by atomic mass is 9.88. The number of ether oxygens (including phenoxy) is 1. The van der Waals surface area contributed by atoms with E-state index in [-0.39, 0.29) is 6.10 Å². The van der Waals surface area contributed by atoms with Crippen molar-refractivity contribution in [3.63, 3.8) is 0 Å². The Morgan fingerprint density at radius 2 is 1.70 bits per heavy atom. The van der Waals surface area contributed by atoms with Crippen LogP contribution >= 0.6 is 0 Å².